The van der Waals surface area contributed by atoms with E-state index >= 15 is 0 Å². The monoisotopic (exact) mass is 306 g/mol. The average Bonchev–Trinajstić information content (AvgIpc) is 3.10. The van der Waals surface area contributed by atoms with Gasteiger partial charge in [0.25, 0.3) is 0 Å². The lowest BCUT2D eigenvalue weighted by atomic mass is 10.1. The van der Waals surface area contributed by atoms with E-state index < -0.39 is 12.7 Å². The molecule has 0 unspecified atom stereocenters. The Kier molecular flexibility index (Phi) is 5.72. The molecule has 0 aromatic carbocycles. The van der Waals surface area contributed by atoms with E-state index in [9.17, 15) is 13.2 Å². The summed E-state index contributed by atoms with van der Waals surface area (Å²) in [5.74, 6) is 1.04. The van der Waals surface area contributed by atoms with Gasteiger partial charge in [-0.1, -0.05) is 6.92 Å². The Morgan fingerprint density at radius 1 is 1.29 bits per heavy atom. The summed E-state index contributed by atoms with van der Waals surface area (Å²) in [5, 5.41) is 6.60. The van der Waals surface area contributed by atoms with Gasteiger partial charge >= 0.3 is 6.18 Å². The Balaban J connectivity index is 1.75. The Labute approximate surface area is 124 Å². The molecule has 7 heteroatoms. The SMILES string of the molecule is CCCNC(=NC[C@@H]1CCN(CC(F)(F)F)C1)NC1CC1. The lowest BCUT2D eigenvalue weighted by Crippen LogP contribution is -2.39. The molecule has 1 aliphatic carbocycles. The summed E-state index contributed by atoms with van der Waals surface area (Å²) in [4.78, 5) is 6.02. The van der Waals surface area contributed by atoms with Gasteiger partial charge in [-0.3, -0.25) is 9.89 Å². The second-order valence-corrected chi connectivity index (χ2v) is 6.04. The molecule has 0 aromatic heterocycles. The number of hydrogen-bond donors (Lipinski definition) is 2. The highest BCUT2D eigenvalue weighted by Crippen LogP contribution is 2.23. The Morgan fingerprint density at radius 3 is 2.67 bits per heavy atom. The third-order valence-electron chi connectivity index (χ3n) is 3.74. The first kappa shape index (κ1) is 16.4. The molecule has 2 fully saturated rings. The number of rotatable bonds is 6. The number of hydrogen-bond acceptors (Lipinski definition) is 2. The summed E-state index contributed by atoms with van der Waals surface area (Å²) >= 11 is 0. The van der Waals surface area contributed by atoms with Gasteiger partial charge in [0.1, 0.15) is 0 Å². The minimum atomic E-state index is -4.10. The van der Waals surface area contributed by atoms with Gasteiger partial charge < -0.3 is 10.6 Å². The van der Waals surface area contributed by atoms with Gasteiger partial charge in [0, 0.05) is 25.7 Å². The maximum atomic E-state index is 12.3. The summed E-state index contributed by atoms with van der Waals surface area (Å²) in [7, 11) is 0. The van der Waals surface area contributed by atoms with Gasteiger partial charge in [-0.2, -0.15) is 13.2 Å². The van der Waals surface area contributed by atoms with E-state index in [1.165, 1.54) is 17.7 Å². The largest absolute Gasteiger partial charge is 0.401 e. The van der Waals surface area contributed by atoms with Crippen LogP contribution in [0.4, 0.5) is 13.2 Å². The van der Waals surface area contributed by atoms with Crippen molar-refractivity contribution in [2.75, 3.05) is 32.7 Å². The van der Waals surface area contributed by atoms with E-state index in [0.717, 1.165) is 25.3 Å². The molecule has 1 saturated heterocycles. The lowest BCUT2D eigenvalue weighted by molar-refractivity contribution is -0.143. The van der Waals surface area contributed by atoms with Crippen LogP contribution in [0, 0.1) is 5.92 Å². The summed E-state index contributed by atoms with van der Waals surface area (Å²) in [5.41, 5.74) is 0. The third-order valence-corrected chi connectivity index (χ3v) is 3.74. The summed E-state index contributed by atoms with van der Waals surface area (Å²) < 4.78 is 37.0. The quantitative estimate of drug-likeness (QED) is 0.582. The third kappa shape index (κ3) is 6.54. The average molecular weight is 306 g/mol. The van der Waals surface area contributed by atoms with Crippen LogP contribution in [0.3, 0.4) is 0 Å². The first-order chi connectivity index (χ1) is 9.96. The molecule has 2 N–H and O–H groups in total. The van der Waals surface area contributed by atoms with Crippen LogP contribution in [0.5, 0.6) is 0 Å². The van der Waals surface area contributed by atoms with Crippen LogP contribution in [-0.2, 0) is 0 Å². The lowest BCUT2D eigenvalue weighted by Gasteiger charge is -2.17. The summed E-state index contributed by atoms with van der Waals surface area (Å²) in [6.45, 7) is 3.77. The Bertz CT molecular complexity index is 353. The van der Waals surface area contributed by atoms with Crippen molar-refractivity contribution in [3.05, 3.63) is 0 Å². The van der Waals surface area contributed by atoms with E-state index in [1.54, 1.807) is 0 Å². The second kappa shape index (κ2) is 7.33. The van der Waals surface area contributed by atoms with Gasteiger partial charge in [-0.15, -0.1) is 0 Å². The van der Waals surface area contributed by atoms with Crippen LogP contribution >= 0.6 is 0 Å². The first-order valence-corrected chi connectivity index (χ1v) is 7.80. The molecule has 0 aromatic rings. The number of halogens is 3. The van der Waals surface area contributed by atoms with Crippen LogP contribution in [-0.4, -0.2) is 55.8 Å². The predicted molar refractivity (Wildman–Crippen MR) is 77.4 cm³/mol. The van der Waals surface area contributed by atoms with Crippen LogP contribution in [0.2, 0.25) is 0 Å². The Morgan fingerprint density at radius 2 is 2.05 bits per heavy atom. The zero-order valence-electron chi connectivity index (χ0n) is 12.5. The van der Waals surface area contributed by atoms with Crippen LogP contribution in [0.1, 0.15) is 32.6 Å². The van der Waals surface area contributed by atoms with Crippen molar-refractivity contribution in [2.24, 2.45) is 10.9 Å². The molecule has 2 rings (SSSR count). The first-order valence-electron chi connectivity index (χ1n) is 7.80. The smallest absolute Gasteiger partial charge is 0.356 e. The van der Waals surface area contributed by atoms with E-state index in [1.807, 2.05) is 0 Å². The molecule has 0 spiro atoms. The van der Waals surface area contributed by atoms with Gasteiger partial charge in [0.2, 0.25) is 0 Å². The number of likely N-dealkylation sites (tertiary alicyclic amines) is 1. The van der Waals surface area contributed by atoms with E-state index in [0.29, 0.717) is 25.7 Å². The van der Waals surface area contributed by atoms with E-state index in [4.69, 9.17) is 0 Å². The molecular weight excluding hydrogens is 281 g/mol. The summed E-state index contributed by atoms with van der Waals surface area (Å²) in [6, 6.07) is 0.526. The molecule has 0 radical (unpaired) electrons. The molecule has 1 atom stereocenters. The van der Waals surface area contributed by atoms with Gasteiger partial charge in [0.05, 0.1) is 6.54 Å². The highest BCUT2D eigenvalue weighted by atomic mass is 19.4. The molecule has 0 amide bonds. The summed E-state index contributed by atoms with van der Waals surface area (Å²) in [6.07, 6.45) is 0.0724. The molecule has 1 saturated carbocycles. The minimum Gasteiger partial charge on any atom is -0.356 e. The molecule has 21 heavy (non-hydrogen) atoms. The van der Waals surface area contributed by atoms with E-state index in [-0.39, 0.29) is 5.92 Å². The maximum absolute atomic E-state index is 12.3. The second-order valence-electron chi connectivity index (χ2n) is 6.04. The van der Waals surface area contributed by atoms with Crippen LogP contribution in [0.15, 0.2) is 4.99 Å². The fraction of sp³-hybridized carbons (Fsp3) is 0.929. The van der Waals surface area contributed by atoms with E-state index in [2.05, 4.69) is 22.5 Å². The van der Waals surface area contributed by atoms with Gasteiger partial charge in [0.15, 0.2) is 5.96 Å². The van der Waals surface area contributed by atoms with Crippen LogP contribution < -0.4 is 10.6 Å². The number of guanidine groups is 1. The van der Waals surface area contributed by atoms with Crippen molar-refractivity contribution in [1.82, 2.24) is 15.5 Å². The van der Waals surface area contributed by atoms with Crippen molar-refractivity contribution in [1.29, 1.82) is 0 Å². The topological polar surface area (TPSA) is 39.7 Å². The number of aliphatic imine (C=N–C) groups is 1. The minimum absolute atomic E-state index is 0.228. The predicted octanol–water partition coefficient (Wildman–Crippen LogP) is 1.98. The molecular formula is C14H25F3N4. The van der Waals surface area contributed by atoms with Crippen molar-refractivity contribution < 1.29 is 13.2 Å². The zero-order chi connectivity index (χ0) is 15.3. The van der Waals surface area contributed by atoms with Gasteiger partial charge in [-0.25, -0.2) is 0 Å². The van der Waals surface area contributed by atoms with Crippen molar-refractivity contribution in [3.8, 4) is 0 Å². The molecule has 0 bridgehead atoms. The Hall–Kier alpha value is -0.980. The van der Waals surface area contributed by atoms with Crippen molar-refractivity contribution >= 4 is 5.96 Å². The molecule has 2 aliphatic rings. The van der Waals surface area contributed by atoms with Gasteiger partial charge in [-0.05, 0) is 38.1 Å². The zero-order valence-corrected chi connectivity index (χ0v) is 12.5. The molecule has 1 heterocycles. The standard InChI is InChI=1S/C14H25F3N4/c1-2-6-18-13(20-12-3-4-12)19-8-11-5-7-21(9-11)10-14(15,16)17/h11-12H,2-10H2,1H3,(H2,18,19,20)/t11-/m0/s1. The maximum Gasteiger partial charge on any atom is 0.401 e. The highest BCUT2D eigenvalue weighted by molar-refractivity contribution is 5.80. The van der Waals surface area contributed by atoms with Crippen molar-refractivity contribution in [2.45, 2.75) is 44.8 Å². The number of alkyl halides is 3. The van der Waals surface area contributed by atoms with Crippen LogP contribution in [0.25, 0.3) is 0 Å². The number of nitrogens with one attached hydrogen (secondary N) is 2. The van der Waals surface area contributed by atoms with Crippen molar-refractivity contribution in [3.63, 3.8) is 0 Å². The molecule has 122 valence electrons. The highest BCUT2D eigenvalue weighted by Gasteiger charge is 2.34. The molecule has 1 aliphatic heterocycles. The molecule has 4 nitrogen and oxygen atoms in total. The fourth-order valence-corrected chi connectivity index (χ4v) is 2.50. The number of nitrogens with zero attached hydrogens (tertiary/aromatic N) is 2. The fourth-order valence-electron chi connectivity index (χ4n) is 2.50. The normalized spacial score (nSPS) is 24.4.